The Labute approximate surface area is 125 Å². The van der Waals surface area contributed by atoms with Gasteiger partial charge in [-0.1, -0.05) is 12.2 Å². The summed E-state index contributed by atoms with van der Waals surface area (Å²) < 4.78 is 65.9. The van der Waals surface area contributed by atoms with Crippen LogP contribution in [0, 0.1) is 23.7 Å². The highest BCUT2D eigenvalue weighted by molar-refractivity contribution is 7.86. The molecule has 0 amide bonds. The van der Waals surface area contributed by atoms with Gasteiger partial charge in [0.1, 0.15) is 0 Å². The van der Waals surface area contributed by atoms with E-state index in [2.05, 4.69) is 9.47 Å². The number of carbonyl (C=O) groups excluding carboxylic acids is 2. The molecule has 2 rings (SSSR count). The molecular weight excluding hydrogens is 326 g/mol. The molecule has 10 heteroatoms. The molecule has 0 aromatic carbocycles. The summed E-state index contributed by atoms with van der Waals surface area (Å²) in [4.78, 5) is 23.7. The second-order valence-corrected chi connectivity index (χ2v) is 6.73. The first kappa shape index (κ1) is 16.8. The Morgan fingerprint density at radius 2 is 1.73 bits per heavy atom. The summed E-state index contributed by atoms with van der Waals surface area (Å²) >= 11 is 0. The highest BCUT2D eigenvalue weighted by Crippen LogP contribution is 2.49. The van der Waals surface area contributed by atoms with Crippen LogP contribution in [0.25, 0.3) is 0 Å². The first-order valence-electron chi connectivity index (χ1n) is 6.34. The molecule has 2 aliphatic carbocycles. The Bertz CT molecular complexity index is 613. The third-order valence-corrected chi connectivity index (χ3v) is 4.80. The van der Waals surface area contributed by atoms with Crippen molar-refractivity contribution in [3.8, 4) is 0 Å². The number of fused-ring (bicyclic) bond motifs is 2. The first-order valence-corrected chi connectivity index (χ1v) is 7.75. The van der Waals surface area contributed by atoms with Gasteiger partial charge in [-0.3, -0.25) is 9.59 Å². The zero-order valence-electron chi connectivity index (χ0n) is 11.4. The normalized spacial score (nSPS) is 30.4. The molecule has 0 radical (unpaired) electrons. The summed E-state index contributed by atoms with van der Waals surface area (Å²) in [5, 5.41) is -4.71. The topological polar surface area (TPSA) is 110 Å². The molecular formula is C12H13F2O7S-. The lowest BCUT2D eigenvalue weighted by Crippen LogP contribution is -2.39. The van der Waals surface area contributed by atoms with Crippen LogP contribution >= 0.6 is 0 Å². The third-order valence-electron chi connectivity index (χ3n) is 3.95. The number of halogens is 2. The lowest BCUT2D eigenvalue weighted by Gasteiger charge is -2.26. The van der Waals surface area contributed by atoms with E-state index in [0.29, 0.717) is 6.42 Å². The number of methoxy groups -OCH3 is 1. The molecule has 1 fully saturated rings. The van der Waals surface area contributed by atoms with Crippen molar-refractivity contribution in [1.82, 2.24) is 0 Å². The Kier molecular flexibility index (Phi) is 4.26. The van der Waals surface area contributed by atoms with Crippen molar-refractivity contribution in [1.29, 1.82) is 0 Å². The Morgan fingerprint density at radius 1 is 1.23 bits per heavy atom. The molecule has 2 aliphatic rings. The predicted molar refractivity (Wildman–Crippen MR) is 65.3 cm³/mol. The monoisotopic (exact) mass is 339 g/mol. The highest BCUT2D eigenvalue weighted by Gasteiger charge is 2.53. The fourth-order valence-corrected chi connectivity index (χ4v) is 3.13. The van der Waals surface area contributed by atoms with Gasteiger partial charge in [0.2, 0.25) is 0 Å². The van der Waals surface area contributed by atoms with E-state index in [4.69, 9.17) is 0 Å². The number of allylic oxidation sites excluding steroid dienone is 2. The van der Waals surface area contributed by atoms with Crippen LogP contribution in [-0.4, -0.2) is 43.9 Å². The van der Waals surface area contributed by atoms with Crippen molar-refractivity contribution in [2.75, 3.05) is 13.7 Å². The average Bonchev–Trinajstić information content (AvgIpc) is 3.03. The average molecular weight is 339 g/mol. The van der Waals surface area contributed by atoms with Gasteiger partial charge in [0.05, 0.1) is 18.9 Å². The van der Waals surface area contributed by atoms with Gasteiger partial charge in [-0.2, -0.15) is 8.78 Å². The molecule has 0 spiro atoms. The van der Waals surface area contributed by atoms with Crippen LogP contribution in [0.5, 0.6) is 0 Å². The van der Waals surface area contributed by atoms with Crippen LogP contribution in [0.2, 0.25) is 0 Å². The van der Waals surface area contributed by atoms with Crippen molar-refractivity contribution in [2.24, 2.45) is 23.7 Å². The molecule has 0 aromatic rings. The summed E-state index contributed by atoms with van der Waals surface area (Å²) in [5.74, 6) is -4.30. The minimum atomic E-state index is -5.93. The quantitative estimate of drug-likeness (QED) is 0.402. The third kappa shape index (κ3) is 2.84. The number of ether oxygens (including phenoxy) is 2. The Morgan fingerprint density at radius 3 is 2.18 bits per heavy atom. The van der Waals surface area contributed by atoms with Crippen LogP contribution < -0.4 is 0 Å². The van der Waals surface area contributed by atoms with E-state index in [1.165, 1.54) is 0 Å². The molecule has 0 N–H and O–H groups in total. The number of hydrogen-bond acceptors (Lipinski definition) is 7. The van der Waals surface area contributed by atoms with E-state index in [-0.39, 0.29) is 11.8 Å². The zero-order valence-corrected chi connectivity index (χ0v) is 12.2. The van der Waals surface area contributed by atoms with Gasteiger partial charge in [0.15, 0.2) is 16.7 Å². The number of rotatable bonds is 5. The van der Waals surface area contributed by atoms with Crippen molar-refractivity contribution < 1.29 is 40.8 Å². The molecule has 124 valence electrons. The van der Waals surface area contributed by atoms with Crippen LogP contribution in [0.4, 0.5) is 8.78 Å². The fourth-order valence-electron chi connectivity index (χ4n) is 2.92. The van der Waals surface area contributed by atoms with Gasteiger partial charge in [-0.15, -0.1) is 0 Å². The zero-order chi connectivity index (χ0) is 16.7. The molecule has 7 nitrogen and oxygen atoms in total. The standard InChI is InChI=1S/C12H14F2O7S/c1-20-10(15)8-6-2-3-7(4-6)9(8)11(16)21-5-12(13,14)22(17,18)19/h2-3,6-9H,4-5H2,1H3,(H,17,18,19)/p-1. The van der Waals surface area contributed by atoms with Crippen LogP contribution in [0.3, 0.4) is 0 Å². The second-order valence-electron chi connectivity index (χ2n) is 5.22. The predicted octanol–water partition coefficient (Wildman–Crippen LogP) is 0.279. The van der Waals surface area contributed by atoms with Gasteiger partial charge in [0.25, 0.3) is 0 Å². The van der Waals surface area contributed by atoms with E-state index in [1.807, 2.05) is 0 Å². The number of esters is 2. The van der Waals surface area contributed by atoms with Gasteiger partial charge >= 0.3 is 17.2 Å². The summed E-state index contributed by atoms with van der Waals surface area (Å²) in [6.45, 7) is -1.87. The summed E-state index contributed by atoms with van der Waals surface area (Å²) in [5.41, 5.74) is 0. The van der Waals surface area contributed by atoms with Crippen LogP contribution in [0.1, 0.15) is 6.42 Å². The first-order chi connectivity index (χ1) is 10.1. The molecule has 2 bridgehead atoms. The molecule has 0 saturated heterocycles. The summed E-state index contributed by atoms with van der Waals surface area (Å²) in [7, 11) is -4.80. The Hall–Kier alpha value is -1.55. The largest absolute Gasteiger partial charge is 0.743 e. The lowest BCUT2D eigenvalue weighted by molar-refractivity contribution is -0.163. The van der Waals surface area contributed by atoms with Gasteiger partial charge < -0.3 is 14.0 Å². The molecule has 4 atom stereocenters. The smallest absolute Gasteiger partial charge is 0.367 e. The van der Waals surface area contributed by atoms with Crippen molar-refractivity contribution in [3.05, 3.63) is 12.2 Å². The maximum Gasteiger partial charge on any atom is 0.367 e. The van der Waals surface area contributed by atoms with Crippen LogP contribution in [-0.2, 0) is 29.2 Å². The fraction of sp³-hybridized carbons (Fsp3) is 0.667. The summed E-state index contributed by atoms with van der Waals surface area (Å²) in [6, 6.07) is 0. The van der Waals surface area contributed by atoms with Crippen molar-refractivity contribution in [3.63, 3.8) is 0 Å². The maximum atomic E-state index is 13.0. The lowest BCUT2D eigenvalue weighted by atomic mass is 9.83. The molecule has 0 heterocycles. The molecule has 22 heavy (non-hydrogen) atoms. The van der Waals surface area contributed by atoms with Crippen LogP contribution in [0.15, 0.2) is 12.2 Å². The highest BCUT2D eigenvalue weighted by atomic mass is 32.2. The Balaban J connectivity index is 2.09. The summed E-state index contributed by atoms with van der Waals surface area (Å²) in [6.07, 6.45) is 3.90. The van der Waals surface area contributed by atoms with E-state index in [1.54, 1.807) is 12.2 Å². The van der Waals surface area contributed by atoms with Gasteiger partial charge in [-0.05, 0) is 18.3 Å². The van der Waals surface area contributed by atoms with Gasteiger partial charge in [0, 0.05) is 0 Å². The van der Waals surface area contributed by atoms with E-state index in [9.17, 15) is 31.3 Å². The van der Waals surface area contributed by atoms with Gasteiger partial charge in [-0.25, -0.2) is 8.42 Å². The molecule has 0 aliphatic heterocycles. The number of alkyl halides is 2. The molecule has 4 unspecified atom stereocenters. The van der Waals surface area contributed by atoms with Crippen molar-refractivity contribution >= 4 is 22.1 Å². The minimum Gasteiger partial charge on any atom is -0.743 e. The number of hydrogen-bond donors (Lipinski definition) is 0. The van der Waals surface area contributed by atoms with E-state index in [0.717, 1.165) is 7.11 Å². The number of carbonyl (C=O) groups is 2. The maximum absolute atomic E-state index is 13.0. The van der Waals surface area contributed by atoms with Crippen molar-refractivity contribution in [2.45, 2.75) is 11.7 Å². The minimum absolute atomic E-state index is 0.251. The second kappa shape index (κ2) is 5.58. The molecule has 1 saturated carbocycles. The SMILES string of the molecule is COC(=O)C1C2C=CC(C2)C1C(=O)OCC(F)(F)S(=O)(=O)[O-]. The molecule has 0 aromatic heterocycles. The van der Waals surface area contributed by atoms with E-state index >= 15 is 0 Å². The van der Waals surface area contributed by atoms with E-state index < -0.39 is 45.8 Å².